The van der Waals surface area contributed by atoms with Crippen LogP contribution in [0.3, 0.4) is 0 Å². The molecule has 0 bridgehead atoms. The summed E-state index contributed by atoms with van der Waals surface area (Å²) in [6.45, 7) is 0. The van der Waals surface area contributed by atoms with Crippen molar-refractivity contribution in [1.29, 1.82) is 0 Å². The van der Waals surface area contributed by atoms with Crippen LogP contribution in [-0.4, -0.2) is 12.0 Å². The molecular formula is C13H13IN2. The van der Waals surface area contributed by atoms with Gasteiger partial charge in [-0.05, 0) is 59.7 Å². The van der Waals surface area contributed by atoms with E-state index in [-0.39, 0.29) is 0 Å². The summed E-state index contributed by atoms with van der Waals surface area (Å²) in [6.07, 6.45) is 2.60. The Labute approximate surface area is 109 Å². The van der Waals surface area contributed by atoms with E-state index in [1.807, 2.05) is 7.05 Å². The topological polar surface area (TPSA) is 24.9 Å². The summed E-state index contributed by atoms with van der Waals surface area (Å²) in [4.78, 5) is 4.74. The highest BCUT2D eigenvalue weighted by Gasteiger charge is 2.25. The van der Waals surface area contributed by atoms with Crippen molar-refractivity contribution in [3.8, 4) is 0 Å². The van der Waals surface area contributed by atoms with Crippen molar-refractivity contribution in [2.45, 2.75) is 18.8 Å². The van der Waals surface area contributed by atoms with Gasteiger partial charge in [-0.2, -0.15) is 0 Å². The van der Waals surface area contributed by atoms with E-state index in [9.17, 15) is 0 Å². The van der Waals surface area contributed by atoms with Gasteiger partial charge in [0.05, 0.1) is 5.52 Å². The number of anilines is 1. The highest BCUT2D eigenvalue weighted by molar-refractivity contribution is 14.1. The van der Waals surface area contributed by atoms with Crippen molar-refractivity contribution in [3.63, 3.8) is 0 Å². The zero-order chi connectivity index (χ0) is 11.1. The Morgan fingerprint density at radius 3 is 2.81 bits per heavy atom. The molecule has 0 saturated heterocycles. The van der Waals surface area contributed by atoms with Crippen LogP contribution in [0.2, 0.25) is 0 Å². The Hall–Kier alpha value is -0.840. The molecule has 1 heterocycles. The van der Waals surface area contributed by atoms with Crippen LogP contribution in [0.1, 0.15) is 24.5 Å². The van der Waals surface area contributed by atoms with E-state index in [2.05, 4.69) is 52.2 Å². The van der Waals surface area contributed by atoms with Crippen molar-refractivity contribution < 1.29 is 0 Å². The predicted molar refractivity (Wildman–Crippen MR) is 76.0 cm³/mol. The first-order valence-corrected chi connectivity index (χ1v) is 6.64. The summed E-state index contributed by atoms with van der Waals surface area (Å²) in [6, 6.07) is 8.62. The quantitative estimate of drug-likeness (QED) is 0.851. The van der Waals surface area contributed by atoms with Gasteiger partial charge in [0, 0.05) is 33.3 Å². The first-order chi connectivity index (χ1) is 7.78. The third-order valence-electron chi connectivity index (χ3n) is 3.06. The SMILES string of the molecule is CNc1cc(C2CC2)nc2ccc(I)cc12. The molecule has 0 spiro atoms. The van der Waals surface area contributed by atoms with E-state index in [0.717, 1.165) is 5.52 Å². The molecule has 1 fully saturated rings. The summed E-state index contributed by atoms with van der Waals surface area (Å²) in [7, 11) is 1.98. The third kappa shape index (κ3) is 1.77. The molecule has 1 N–H and O–H groups in total. The summed E-state index contributed by atoms with van der Waals surface area (Å²) >= 11 is 2.34. The highest BCUT2D eigenvalue weighted by atomic mass is 127. The molecule has 2 aromatic rings. The number of aromatic nitrogens is 1. The fraction of sp³-hybridized carbons (Fsp3) is 0.308. The van der Waals surface area contributed by atoms with Crippen LogP contribution in [0.5, 0.6) is 0 Å². The molecule has 3 heteroatoms. The van der Waals surface area contributed by atoms with Gasteiger partial charge in [-0.25, -0.2) is 0 Å². The molecule has 1 aliphatic rings. The van der Waals surface area contributed by atoms with Crippen LogP contribution >= 0.6 is 22.6 Å². The molecule has 2 nitrogen and oxygen atoms in total. The molecule has 0 aliphatic heterocycles. The van der Waals surface area contributed by atoms with E-state index in [4.69, 9.17) is 4.98 Å². The minimum absolute atomic E-state index is 0.704. The van der Waals surface area contributed by atoms with Gasteiger partial charge >= 0.3 is 0 Å². The van der Waals surface area contributed by atoms with Crippen LogP contribution in [0.15, 0.2) is 24.3 Å². The van der Waals surface area contributed by atoms with Gasteiger partial charge in [0.2, 0.25) is 0 Å². The molecule has 0 radical (unpaired) electrons. The fourth-order valence-corrected chi connectivity index (χ4v) is 2.50. The Kier molecular flexibility index (Phi) is 2.50. The summed E-state index contributed by atoms with van der Waals surface area (Å²) in [5.41, 5.74) is 3.55. The van der Waals surface area contributed by atoms with Crippen LogP contribution < -0.4 is 5.32 Å². The van der Waals surface area contributed by atoms with E-state index in [1.54, 1.807) is 0 Å². The molecule has 0 unspecified atom stereocenters. The Bertz CT molecular complexity index is 547. The highest BCUT2D eigenvalue weighted by Crippen LogP contribution is 2.41. The number of nitrogens with one attached hydrogen (secondary N) is 1. The van der Waals surface area contributed by atoms with E-state index < -0.39 is 0 Å². The second kappa shape index (κ2) is 3.87. The third-order valence-corrected chi connectivity index (χ3v) is 3.73. The molecular weight excluding hydrogens is 311 g/mol. The number of halogens is 1. The maximum Gasteiger partial charge on any atom is 0.0726 e. The molecule has 1 saturated carbocycles. The Morgan fingerprint density at radius 2 is 2.12 bits per heavy atom. The second-order valence-corrected chi connectivity index (χ2v) is 5.53. The number of rotatable bonds is 2. The van der Waals surface area contributed by atoms with Gasteiger partial charge in [-0.3, -0.25) is 4.98 Å². The van der Waals surface area contributed by atoms with E-state index in [0.29, 0.717) is 5.92 Å². The van der Waals surface area contributed by atoms with Crippen LogP contribution in [-0.2, 0) is 0 Å². The zero-order valence-electron chi connectivity index (χ0n) is 9.13. The smallest absolute Gasteiger partial charge is 0.0726 e. The first kappa shape index (κ1) is 10.3. The number of nitrogens with zero attached hydrogens (tertiary/aromatic N) is 1. The molecule has 1 aliphatic carbocycles. The van der Waals surface area contributed by atoms with Crippen molar-refractivity contribution in [2.75, 3.05) is 12.4 Å². The molecule has 1 aromatic heterocycles. The van der Waals surface area contributed by atoms with Crippen molar-refractivity contribution >= 4 is 39.2 Å². The lowest BCUT2D eigenvalue weighted by molar-refractivity contribution is 1.04. The van der Waals surface area contributed by atoms with Gasteiger partial charge in [-0.15, -0.1) is 0 Å². The fourth-order valence-electron chi connectivity index (χ4n) is 2.01. The maximum absolute atomic E-state index is 4.74. The molecule has 3 rings (SSSR count). The average Bonchev–Trinajstić information content (AvgIpc) is 3.11. The zero-order valence-corrected chi connectivity index (χ0v) is 11.3. The summed E-state index contributed by atoms with van der Waals surface area (Å²) in [5, 5.41) is 4.50. The van der Waals surface area contributed by atoms with Crippen molar-refractivity contribution in [2.24, 2.45) is 0 Å². The number of hydrogen-bond donors (Lipinski definition) is 1. The first-order valence-electron chi connectivity index (χ1n) is 5.56. The van der Waals surface area contributed by atoms with E-state index in [1.165, 1.54) is 33.2 Å². The normalized spacial score (nSPS) is 15.4. The van der Waals surface area contributed by atoms with Gasteiger partial charge in [0.1, 0.15) is 0 Å². The molecule has 1 aromatic carbocycles. The lowest BCUT2D eigenvalue weighted by atomic mass is 10.1. The van der Waals surface area contributed by atoms with Crippen LogP contribution in [0.25, 0.3) is 10.9 Å². The van der Waals surface area contributed by atoms with Crippen molar-refractivity contribution in [1.82, 2.24) is 4.98 Å². The van der Waals surface area contributed by atoms with Crippen molar-refractivity contribution in [3.05, 3.63) is 33.5 Å². The second-order valence-electron chi connectivity index (χ2n) is 4.28. The molecule has 0 amide bonds. The number of fused-ring (bicyclic) bond motifs is 1. The monoisotopic (exact) mass is 324 g/mol. The Morgan fingerprint density at radius 1 is 1.31 bits per heavy atom. The number of benzene rings is 1. The summed E-state index contributed by atoms with van der Waals surface area (Å²) < 4.78 is 1.25. The van der Waals surface area contributed by atoms with Gasteiger partial charge in [0.15, 0.2) is 0 Å². The lowest BCUT2D eigenvalue weighted by Gasteiger charge is -2.09. The van der Waals surface area contributed by atoms with Gasteiger partial charge in [0.25, 0.3) is 0 Å². The largest absolute Gasteiger partial charge is 0.388 e. The maximum atomic E-state index is 4.74. The molecule has 0 atom stereocenters. The van der Waals surface area contributed by atoms with Crippen LogP contribution in [0.4, 0.5) is 5.69 Å². The molecule has 16 heavy (non-hydrogen) atoms. The number of pyridine rings is 1. The van der Waals surface area contributed by atoms with Gasteiger partial charge < -0.3 is 5.32 Å². The standard InChI is InChI=1S/C13H13IN2/c1-15-13-7-12(8-2-3-8)16-11-5-4-9(14)6-10(11)13/h4-8H,2-3H2,1H3,(H,15,16). The predicted octanol–water partition coefficient (Wildman–Crippen LogP) is 3.76. The number of hydrogen-bond acceptors (Lipinski definition) is 2. The van der Waals surface area contributed by atoms with E-state index >= 15 is 0 Å². The van der Waals surface area contributed by atoms with Gasteiger partial charge in [-0.1, -0.05) is 0 Å². The average molecular weight is 324 g/mol. The lowest BCUT2D eigenvalue weighted by Crippen LogP contribution is -1.95. The Balaban J connectivity index is 2.25. The minimum Gasteiger partial charge on any atom is -0.388 e. The molecule has 82 valence electrons. The minimum atomic E-state index is 0.704. The van der Waals surface area contributed by atoms with Crippen LogP contribution in [0, 0.1) is 3.57 Å². The summed E-state index contributed by atoms with van der Waals surface area (Å²) in [5.74, 6) is 0.704.